The Bertz CT molecular complexity index is 973. The third-order valence-corrected chi connectivity index (χ3v) is 3.71. The number of rotatable bonds is 4. The Kier molecular flexibility index (Phi) is 4.62. The fraction of sp³-hybridized carbons (Fsp3) is 0.125. The maximum atomic E-state index is 13.2. The molecule has 0 saturated carbocycles. The molecule has 0 radical (unpaired) electrons. The monoisotopic (exact) mass is 362 g/mol. The smallest absolute Gasteiger partial charge is 0.356 e. The van der Waals surface area contributed by atoms with Gasteiger partial charge in [-0.1, -0.05) is 17.7 Å². The standard InChI is InChI=1S/C16H12ClFN4O3/c1-25-16(24)12-7-13(22-14(21-12)4-5-20-22)15(23)19-8-9-2-3-11(18)10(17)6-9/h2-7H,8H2,1H3,(H,19,23). The van der Waals surface area contributed by atoms with Gasteiger partial charge in [-0.2, -0.15) is 5.10 Å². The van der Waals surface area contributed by atoms with Crippen molar-refractivity contribution in [3.8, 4) is 0 Å². The van der Waals surface area contributed by atoms with Gasteiger partial charge in [-0.15, -0.1) is 0 Å². The van der Waals surface area contributed by atoms with Crippen molar-refractivity contribution in [2.75, 3.05) is 7.11 Å². The number of nitrogens with zero attached hydrogens (tertiary/aromatic N) is 3. The summed E-state index contributed by atoms with van der Waals surface area (Å²) in [5, 5.41) is 6.65. The molecule has 3 aromatic rings. The molecule has 0 bridgehead atoms. The lowest BCUT2D eigenvalue weighted by Crippen LogP contribution is -2.26. The lowest BCUT2D eigenvalue weighted by atomic mass is 10.2. The van der Waals surface area contributed by atoms with Gasteiger partial charge in [-0.3, -0.25) is 4.79 Å². The van der Waals surface area contributed by atoms with E-state index in [0.717, 1.165) is 0 Å². The zero-order valence-electron chi connectivity index (χ0n) is 13.0. The molecular formula is C16H12ClFN4O3. The Balaban J connectivity index is 1.87. The predicted octanol–water partition coefficient (Wildman–Crippen LogP) is 2.24. The van der Waals surface area contributed by atoms with Crippen LogP contribution in [-0.2, 0) is 11.3 Å². The normalized spacial score (nSPS) is 10.7. The maximum absolute atomic E-state index is 13.2. The Labute approximate surface area is 146 Å². The highest BCUT2D eigenvalue weighted by molar-refractivity contribution is 6.30. The van der Waals surface area contributed by atoms with E-state index in [9.17, 15) is 14.0 Å². The first kappa shape index (κ1) is 16.8. The number of aromatic nitrogens is 3. The number of hydrogen-bond donors (Lipinski definition) is 1. The molecule has 128 valence electrons. The predicted molar refractivity (Wildman–Crippen MR) is 86.9 cm³/mol. The van der Waals surface area contributed by atoms with Crippen molar-refractivity contribution in [3.63, 3.8) is 0 Å². The van der Waals surface area contributed by atoms with Crippen molar-refractivity contribution in [1.82, 2.24) is 19.9 Å². The zero-order chi connectivity index (χ0) is 18.0. The van der Waals surface area contributed by atoms with Gasteiger partial charge in [0.2, 0.25) is 0 Å². The third kappa shape index (κ3) is 3.43. The fourth-order valence-electron chi connectivity index (χ4n) is 2.21. The second-order valence-electron chi connectivity index (χ2n) is 5.05. The molecule has 1 N–H and O–H groups in total. The van der Waals surface area contributed by atoms with Gasteiger partial charge in [0.1, 0.15) is 11.5 Å². The zero-order valence-corrected chi connectivity index (χ0v) is 13.7. The van der Waals surface area contributed by atoms with E-state index < -0.39 is 17.7 Å². The number of nitrogens with one attached hydrogen (secondary N) is 1. The Morgan fingerprint density at radius 3 is 2.84 bits per heavy atom. The van der Waals surface area contributed by atoms with Gasteiger partial charge < -0.3 is 10.1 Å². The summed E-state index contributed by atoms with van der Waals surface area (Å²) in [5.74, 6) is -1.68. The number of amides is 1. The van der Waals surface area contributed by atoms with E-state index in [1.165, 1.54) is 42.1 Å². The number of ether oxygens (including phenoxy) is 1. The highest BCUT2D eigenvalue weighted by Crippen LogP contribution is 2.16. The van der Waals surface area contributed by atoms with Crippen LogP contribution in [0.3, 0.4) is 0 Å². The molecule has 9 heteroatoms. The highest BCUT2D eigenvalue weighted by atomic mass is 35.5. The summed E-state index contributed by atoms with van der Waals surface area (Å²) in [6.45, 7) is 0.122. The molecule has 0 unspecified atom stereocenters. The second-order valence-corrected chi connectivity index (χ2v) is 5.46. The van der Waals surface area contributed by atoms with E-state index in [0.29, 0.717) is 11.2 Å². The summed E-state index contributed by atoms with van der Waals surface area (Å²) in [6.07, 6.45) is 1.46. The van der Waals surface area contributed by atoms with Crippen LogP contribution in [0.4, 0.5) is 4.39 Å². The molecule has 0 aliphatic heterocycles. The minimum Gasteiger partial charge on any atom is -0.464 e. The molecule has 1 aromatic carbocycles. The average Bonchev–Trinajstić information content (AvgIpc) is 3.09. The molecule has 7 nitrogen and oxygen atoms in total. The number of carbonyl (C=O) groups is 2. The van der Waals surface area contributed by atoms with Crippen molar-refractivity contribution in [2.24, 2.45) is 0 Å². The van der Waals surface area contributed by atoms with Gasteiger partial charge in [0.25, 0.3) is 5.91 Å². The molecule has 0 fully saturated rings. The highest BCUT2D eigenvalue weighted by Gasteiger charge is 2.17. The summed E-state index contributed by atoms with van der Waals surface area (Å²) in [4.78, 5) is 28.3. The number of hydrogen-bond acceptors (Lipinski definition) is 5. The van der Waals surface area contributed by atoms with Crippen molar-refractivity contribution in [3.05, 3.63) is 64.3 Å². The second kappa shape index (κ2) is 6.86. The van der Waals surface area contributed by atoms with Crippen LogP contribution < -0.4 is 5.32 Å². The van der Waals surface area contributed by atoms with Crippen LogP contribution in [0.25, 0.3) is 5.65 Å². The van der Waals surface area contributed by atoms with Crippen molar-refractivity contribution in [2.45, 2.75) is 6.54 Å². The van der Waals surface area contributed by atoms with Gasteiger partial charge >= 0.3 is 5.97 Å². The molecule has 0 atom stereocenters. The number of carbonyl (C=O) groups excluding carboxylic acids is 2. The maximum Gasteiger partial charge on any atom is 0.356 e. The molecule has 0 spiro atoms. The van der Waals surface area contributed by atoms with Gasteiger partial charge in [-0.25, -0.2) is 18.7 Å². The van der Waals surface area contributed by atoms with E-state index in [1.54, 1.807) is 6.07 Å². The molecule has 25 heavy (non-hydrogen) atoms. The summed E-state index contributed by atoms with van der Waals surface area (Å²) < 4.78 is 19.1. The van der Waals surface area contributed by atoms with E-state index in [-0.39, 0.29) is 23.0 Å². The third-order valence-electron chi connectivity index (χ3n) is 3.42. The average molecular weight is 363 g/mol. The summed E-state index contributed by atoms with van der Waals surface area (Å²) >= 11 is 5.72. The number of methoxy groups -OCH3 is 1. The molecule has 3 rings (SSSR count). The fourth-order valence-corrected chi connectivity index (χ4v) is 2.41. The minimum absolute atomic E-state index is 0.00882. The van der Waals surface area contributed by atoms with Crippen LogP contribution in [-0.4, -0.2) is 33.6 Å². The quantitative estimate of drug-likeness (QED) is 0.719. The van der Waals surface area contributed by atoms with Crippen molar-refractivity contribution >= 4 is 29.1 Å². The van der Waals surface area contributed by atoms with Crippen LogP contribution in [0.2, 0.25) is 5.02 Å². The molecule has 0 saturated heterocycles. The summed E-state index contributed by atoms with van der Waals surface area (Å²) in [6, 6.07) is 7.00. The van der Waals surface area contributed by atoms with E-state index in [2.05, 4.69) is 20.1 Å². The lowest BCUT2D eigenvalue weighted by Gasteiger charge is -2.09. The van der Waals surface area contributed by atoms with Crippen LogP contribution >= 0.6 is 11.6 Å². The number of benzene rings is 1. The molecule has 0 aliphatic carbocycles. The van der Waals surface area contributed by atoms with Gasteiger partial charge in [0.05, 0.1) is 18.3 Å². The van der Waals surface area contributed by atoms with Crippen LogP contribution in [0.15, 0.2) is 36.5 Å². The number of fused-ring (bicyclic) bond motifs is 1. The van der Waals surface area contributed by atoms with Crippen LogP contribution in [0.1, 0.15) is 26.5 Å². The Morgan fingerprint density at radius 2 is 2.12 bits per heavy atom. The molecular weight excluding hydrogens is 351 g/mol. The summed E-state index contributed by atoms with van der Waals surface area (Å²) in [7, 11) is 1.22. The number of esters is 1. The molecule has 0 aliphatic rings. The van der Waals surface area contributed by atoms with Crippen LogP contribution in [0, 0.1) is 5.82 Å². The topological polar surface area (TPSA) is 85.6 Å². The first-order valence-electron chi connectivity index (χ1n) is 7.15. The van der Waals surface area contributed by atoms with E-state index in [4.69, 9.17) is 11.6 Å². The lowest BCUT2D eigenvalue weighted by molar-refractivity contribution is 0.0594. The van der Waals surface area contributed by atoms with E-state index >= 15 is 0 Å². The van der Waals surface area contributed by atoms with Crippen LogP contribution in [0.5, 0.6) is 0 Å². The first-order valence-corrected chi connectivity index (χ1v) is 7.52. The Morgan fingerprint density at radius 1 is 1.32 bits per heavy atom. The molecule has 1 amide bonds. The van der Waals surface area contributed by atoms with Crippen molar-refractivity contribution < 1.29 is 18.7 Å². The number of halogens is 2. The molecule has 2 aromatic heterocycles. The first-order chi connectivity index (χ1) is 12.0. The van der Waals surface area contributed by atoms with Crippen molar-refractivity contribution in [1.29, 1.82) is 0 Å². The van der Waals surface area contributed by atoms with Gasteiger partial charge in [0, 0.05) is 18.7 Å². The van der Waals surface area contributed by atoms with E-state index in [1.807, 2.05) is 0 Å². The largest absolute Gasteiger partial charge is 0.464 e. The minimum atomic E-state index is -0.664. The summed E-state index contributed by atoms with van der Waals surface area (Å²) in [5.41, 5.74) is 1.06. The molecule has 2 heterocycles. The van der Waals surface area contributed by atoms with Gasteiger partial charge in [-0.05, 0) is 17.7 Å². The Hall–Kier alpha value is -3.00. The SMILES string of the molecule is COC(=O)c1cc(C(=O)NCc2ccc(F)c(Cl)c2)n2nccc2n1. The van der Waals surface area contributed by atoms with Gasteiger partial charge in [0.15, 0.2) is 11.3 Å².